The van der Waals surface area contributed by atoms with Gasteiger partial charge in [0.2, 0.25) is 0 Å². The van der Waals surface area contributed by atoms with Crippen LogP contribution in [-0.2, 0) is 32.7 Å². The number of hydrogen-bond donors (Lipinski definition) is 0. The zero-order valence-electron chi connectivity index (χ0n) is 20.4. The Labute approximate surface area is 205 Å². The molecule has 1 spiro atoms. The van der Waals surface area contributed by atoms with Crippen LogP contribution in [0, 0.1) is 5.92 Å². The lowest BCUT2D eigenvalue weighted by molar-refractivity contribution is -0.132. The highest BCUT2D eigenvalue weighted by atomic mass is 16.6. The third kappa shape index (κ3) is 3.39. The van der Waals surface area contributed by atoms with Crippen molar-refractivity contribution in [3.63, 3.8) is 0 Å². The third-order valence-electron chi connectivity index (χ3n) is 8.62. The van der Waals surface area contributed by atoms with Crippen LogP contribution in [0.25, 0.3) is 0 Å². The molecule has 0 amide bonds. The fraction of sp³-hybridized carbons (Fsp3) is 0.500. The van der Waals surface area contributed by atoms with Gasteiger partial charge in [0, 0.05) is 23.9 Å². The first kappa shape index (κ1) is 22.6. The molecule has 0 N–H and O–H groups in total. The van der Waals surface area contributed by atoms with E-state index in [1.807, 2.05) is 18.2 Å². The molecule has 2 aliphatic carbocycles. The molecule has 0 aromatic heterocycles. The number of likely N-dealkylation sites (tertiary alicyclic amines) is 1. The third-order valence-corrected chi connectivity index (χ3v) is 8.62. The van der Waals surface area contributed by atoms with Crippen LogP contribution in [0.3, 0.4) is 0 Å². The predicted octanol–water partition coefficient (Wildman–Crippen LogP) is 3.65. The van der Waals surface area contributed by atoms with Crippen molar-refractivity contribution < 1.29 is 28.5 Å². The number of ether oxygens (including phenoxy) is 4. The maximum atomic E-state index is 11.8. The van der Waals surface area contributed by atoms with Gasteiger partial charge in [0.15, 0.2) is 11.5 Å². The number of piperidine rings is 1. The lowest BCUT2D eigenvalue weighted by Gasteiger charge is -2.58. The van der Waals surface area contributed by atoms with Gasteiger partial charge in [0.1, 0.15) is 6.10 Å². The lowest BCUT2D eigenvalue weighted by atomic mass is 9.51. The summed E-state index contributed by atoms with van der Waals surface area (Å²) in [4.78, 5) is 26.1. The Kier molecular flexibility index (Phi) is 5.38. The smallest absolute Gasteiger partial charge is 0.337 e. The number of carbonyl (C=O) groups excluding carboxylic acids is 2. The Balaban J connectivity index is 1.32. The number of rotatable bonds is 5. The molecular formula is C28H31NO6. The monoisotopic (exact) mass is 477 g/mol. The summed E-state index contributed by atoms with van der Waals surface area (Å²) in [6, 6.07) is 11.8. The van der Waals surface area contributed by atoms with Crippen LogP contribution in [-0.4, -0.2) is 55.8 Å². The topological polar surface area (TPSA) is 74.3 Å². The average Bonchev–Trinajstić information content (AvgIpc) is 3.21. The van der Waals surface area contributed by atoms with E-state index in [1.165, 1.54) is 25.2 Å². The molecule has 4 aliphatic rings. The van der Waals surface area contributed by atoms with E-state index in [0.29, 0.717) is 29.9 Å². The molecule has 1 saturated carbocycles. The first-order valence-electron chi connectivity index (χ1n) is 12.4. The van der Waals surface area contributed by atoms with Crippen molar-refractivity contribution in [2.75, 3.05) is 20.7 Å². The summed E-state index contributed by atoms with van der Waals surface area (Å²) in [5.41, 5.74) is 3.97. The second-order valence-corrected chi connectivity index (χ2v) is 10.3. The Bertz CT molecular complexity index is 1180. The maximum Gasteiger partial charge on any atom is 0.337 e. The minimum absolute atomic E-state index is 0.0703. The van der Waals surface area contributed by atoms with E-state index in [0.717, 1.165) is 43.5 Å². The highest BCUT2D eigenvalue weighted by molar-refractivity contribution is 5.89. The number of esters is 2. The summed E-state index contributed by atoms with van der Waals surface area (Å²) >= 11 is 0. The number of methoxy groups -OCH3 is 1. The Morgan fingerprint density at radius 3 is 2.69 bits per heavy atom. The van der Waals surface area contributed by atoms with Gasteiger partial charge in [-0.2, -0.15) is 0 Å². The zero-order chi connectivity index (χ0) is 24.3. The molecule has 7 nitrogen and oxygen atoms in total. The molecule has 0 radical (unpaired) electrons. The molecule has 35 heavy (non-hydrogen) atoms. The van der Waals surface area contributed by atoms with Gasteiger partial charge in [-0.3, -0.25) is 4.79 Å². The van der Waals surface area contributed by atoms with Crippen LogP contribution < -0.4 is 9.47 Å². The summed E-state index contributed by atoms with van der Waals surface area (Å²) in [5, 5.41) is 0. The summed E-state index contributed by atoms with van der Waals surface area (Å²) in [6.07, 6.45) is 3.83. The van der Waals surface area contributed by atoms with Crippen molar-refractivity contribution >= 4 is 11.9 Å². The molecule has 6 rings (SSSR count). The van der Waals surface area contributed by atoms with Gasteiger partial charge in [-0.1, -0.05) is 18.2 Å². The van der Waals surface area contributed by atoms with Crippen molar-refractivity contribution in [2.45, 2.75) is 62.9 Å². The normalized spacial score (nSPS) is 30.3. The number of carbonyl (C=O) groups is 2. The van der Waals surface area contributed by atoms with E-state index in [9.17, 15) is 9.59 Å². The van der Waals surface area contributed by atoms with Crippen molar-refractivity contribution in [2.24, 2.45) is 5.92 Å². The molecule has 2 unspecified atom stereocenters. The molecule has 2 aliphatic heterocycles. The first-order valence-corrected chi connectivity index (χ1v) is 12.4. The van der Waals surface area contributed by atoms with Crippen molar-refractivity contribution in [1.82, 2.24) is 4.90 Å². The molecule has 2 aromatic rings. The van der Waals surface area contributed by atoms with Gasteiger partial charge in [0.05, 0.1) is 25.4 Å². The van der Waals surface area contributed by atoms with Gasteiger partial charge in [-0.15, -0.1) is 0 Å². The predicted molar refractivity (Wildman–Crippen MR) is 128 cm³/mol. The van der Waals surface area contributed by atoms with Gasteiger partial charge in [-0.25, -0.2) is 4.79 Å². The van der Waals surface area contributed by atoms with E-state index in [4.69, 9.17) is 18.9 Å². The van der Waals surface area contributed by atoms with Gasteiger partial charge in [0.25, 0.3) is 0 Å². The van der Waals surface area contributed by atoms with E-state index >= 15 is 0 Å². The lowest BCUT2D eigenvalue weighted by Crippen LogP contribution is -2.66. The molecule has 2 fully saturated rings. The number of nitrogens with zero attached hydrogens (tertiary/aromatic N) is 1. The Morgan fingerprint density at radius 2 is 1.94 bits per heavy atom. The zero-order valence-corrected chi connectivity index (χ0v) is 20.4. The number of hydrogen-bond acceptors (Lipinski definition) is 7. The number of likely N-dealkylation sites (N-methyl/N-ethyl adjacent to an activating group) is 1. The van der Waals surface area contributed by atoms with Crippen molar-refractivity contribution in [1.29, 1.82) is 0 Å². The van der Waals surface area contributed by atoms with E-state index < -0.39 is 0 Å². The Hall–Kier alpha value is -2.90. The van der Waals surface area contributed by atoms with Crippen LogP contribution in [0.2, 0.25) is 0 Å². The van der Waals surface area contributed by atoms with E-state index in [2.05, 4.69) is 18.0 Å². The molecule has 2 aromatic carbocycles. The minimum atomic E-state index is -0.347. The fourth-order valence-electron chi connectivity index (χ4n) is 7.14. The van der Waals surface area contributed by atoms with E-state index in [1.54, 1.807) is 12.1 Å². The number of benzene rings is 2. The van der Waals surface area contributed by atoms with Crippen LogP contribution in [0.15, 0.2) is 36.4 Å². The summed E-state index contributed by atoms with van der Waals surface area (Å²) < 4.78 is 23.6. The summed E-state index contributed by atoms with van der Waals surface area (Å²) in [6.45, 7) is 2.88. The Morgan fingerprint density at radius 1 is 1.14 bits per heavy atom. The SMILES string of the molecule is COC(=O)c1ccc(COC2CC[C@H]3[C@H]4Cc5ccc(OC(C)=O)c6c5[C@@]3(CCN4C)C2O6)cc1. The maximum absolute atomic E-state index is 11.8. The first-order chi connectivity index (χ1) is 16.9. The van der Waals surface area contributed by atoms with Gasteiger partial charge < -0.3 is 23.8 Å². The second kappa shape index (κ2) is 8.35. The molecule has 1 saturated heterocycles. The van der Waals surface area contributed by atoms with Crippen LogP contribution in [0.5, 0.6) is 11.5 Å². The van der Waals surface area contributed by atoms with E-state index in [-0.39, 0.29) is 29.6 Å². The van der Waals surface area contributed by atoms with Gasteiger partial charge in [-0.05, 0) is 74.5 Å². The molecule has 5 atom stereocenters. The quantitative estimate of drug-likeness (QED) is 0.481. The van der Waals surface area contributed by atoms with Gasteiger partial charge >= 0.3 is 11.9 Å². The van der Waals surface area contributed by atoms with Crippen molar-refractivity contribution in [3.05, 3.63) is 58.7 Å². The average molecular weight is 478 g/mol. The molecular weight excluding hydrogens is 446 g/mol. The summed E-state index contributed by atoms with van der Waals surface area (Å²) in [5.74, 6) is 1.07. The fourth-order valence-corrected chi connectivity index (χ4v) is 7.14. The van der Waals surface area contributed by atoms with Crippen LogP contribution in [0.1, 0.15) is 53.2 Å². The highest BCUT2D eigenvalue weighted by Crippen LogP contribution is 2.64. The second-order valence-electron chi connectivity index (χ2n) is 10.3. The highest BCUT2D eigenvalue weighted by Gasteiger charge is 2.65. The molecule has 2 heterocycles. The largest absolute Gasteiger partial charge is 0.483 e. The van der Waals surface area contributed by atoms with Crippen LogP contribution in [0.4, 0.5) is 0 Å². The molecule has 184 valence electrons. The summed E-state index contributed by atoms with van der Waals surface area (Å²) in [7, 11) is 3.62. The molecule has 2 bridgehead atoms. The minimum Gasteiger partial charge on any atom is -0.483 e. The standard InChI is InChI=1S/C28H31NO6/c1-16(30)34-22-10-8-19-14-21-20-9-11-23(33-15-17-4-6-18(7-5-17)27(31)32-3)26-28(20,12-13-29(21)2)24(19)25(22)35-26/h4-8,10,20-21,23,26H,9,11-15H2,1-3H3/t20-,21+,23?,26?,28-/m0/s1. The molecule has 7 heteroatoms. The van der Waals surface area contributed by atoms with Crippen LogP contribution >= 0.6 is 0 Å². The van der Waals surface area contributed by atoms with Crippen molar-refractivity contribution in [3.8, 4) is 11.5 Å².